The second-order valence-electron chi connectivity index (χ2n) is 4.69. The zero-order valence-electron chi connectivity index (χ0n) is 10.0. The molecule has 4 heteroatoms. The first kappa shape index (κ1) is 11.5. The van der Waals surface area contributed by atoms with Gasteiger partial charge in [0.05, 0.1) is 11.7 Å². The molecule has 4 nitrogen and oxygen atoms in total. The Morgan fingerprint density at radius 2 is 2.38 bits per heavy atom. The molecule has 88 valence electrons. The third kappa shape index (κ3) is 2.23. The molecule has 2 N–H and O–H groups in total. The quantitative estimate of drug-likeness (QED) is 0.832. The Bertz CT molecular complexity index is 327. The van der Waals surface area contributed by atoms with Crippen LogP contribution in [0.4, 0.5) is 0 Å². The molecule has 0 aliphatic carbocycles. The fourth-order valence-corrected chi connectivity index (χ4v) is 2.58. The molecule has 1 aliphatic heterocycles. The van der Waals surface area contributed by atoms with Gasteiger partial charge in [-0.3, -0.25) is 14.9 Å². The zero-order chi connectivity index (χ0) is 11.5. The van der Waals surface area contributed by atoms with Gasteiger partial charge in [-0.05, 0) is 32.7 Å². The lowest BCUT2D eigenvalue weighted by Gasteiger charge is -2.27. The van der Waals surface area contributed by atoms with E-state index in [9.17, 15) is 0 Å². The summed E-state index contributed by atoms with van der Waals surface area (Å²) < 4.78 is 0. The van der Waals surface area contributed by atoms with Crippen LogP contribution >= 0.6 is 0 Å². The van der Waals surface area contributed by atoms with Gasteiger partial charge in [0.1, 0.15) is 0 Å². The minimum atomic E-state index is 0.334. The summed E-state index contributed by atoms with van der Waals surface area (Å²) in [5, 5.41) is 0. The first-order chi connectivity index (χ1) is 7.72. The van der Waals surface area contributed by atoms with Gasteiger partial charge in [-0.15, -0.1) is 0 Å². The van der Waals surface area contributed by atoms with Crippen molar-refractivity contribution in [3.63, 3.8) is 0 Å². The van der Waals surface area contributed by atoms with Crippen LogP contribution in [0.15, 0.2) is 18.6 Å². The fourth-order valence-electron chi connectivity index (χ4n) is 2.58. The van der Waals surface area contributed by atoms with Crippen LogP contribution in [-0.2, 0) is 0 Å². The Labute approximate surface area is 96.9 Å². The molecule has 3 unspecified atom stereocenters. The minimum Gasteiger partial charge on any atom is -0.330 e. The van der Waals surface area contributed by atoms with Crippen molar-refractivity contribution in [1.29, 1.82) is 0 Å². The molecule has 16 heavy (non-hydrogen) atoms. The van der Waals surface area contributed by atoms with Crippen LogP contribution in [0.1, 0.15) is 32.0 Å². The Kier molecular flexibility index (Phi) is 3.51. The van der Waals surface area contributed by atoms with Gasteiger partial charge in [-0.2, -0.15) is 0 Å². The Balaban J connectivity index is 2.08. The second kappa shape index (κ2) is 4.89. The van der Waals surface area contributed by atoms with Crippen LogP contribution in [0.25, 0.3) is 0 Å². The molecule has 0 spiro atoms. The highest BCUT2D eigenvalue weighted by Crippen LogP contribution is 2.30. The van der Waals surface area contributed by atoms with Crippen LogP contribution in [0, 0.1) is 5.92 Å². The molecule has 3 atom stereocenters. The van der Waals surface area contributed by atoms with Crippen molar-refractivity contribution in [3.05, 3.63) is 24.3 Å². The van der Waals surface area contributed by atoms with Crippen LogP contribution in [0.5, 0.6) is 0 Å². The fraction of sp³-hybridized carbons (Fsp3) is 0.667. The molecule has 0 radical (unpaired) electrons. The van der Waals surface area contributed by atoms with Gasteiger partial charge in [0.15, 0.2) is 0 Å². The highest BCUT2D eigenvalue weighted by atomic mass is 15.2. The summed E-state index contributed by atoms with van der Waals surface area (Å²) >= 11 is 0. The number of rotatable bonds is 3. The van der Waals surface area contributed by atoms with E-state index < -0.39 is 0 Å². The van der Waals surface area contributed by atoms with E-state index in [-0.39, 0.29) is 0 Å². The van der Waals surface area contributed by atoms with Gasteiger partial charge < -0.3 is 5.73 Å². The smallest absolute Gasteiger partial charge is 0.0755 e. The largest absolute Gasteiger partial charge is 0.330 e. The molecule has 1 aromatic heterocycles. The molecule has 0 aromatic carbocycles. The topological polar surface area (TPSA) is 55.0 Å². The van der Waals surface area contributed by atoms with Crippen LogP contribution in [0.3, 0.4) is 0 Å². The van der Waals surface area contributed by atoms with Gasteiger partial charge >= 0.3 is 0 Å². The predicted octanol–water partition coefficient (Wildman–Crippen LogP) is 1.21. The SMILES string of the molecule is CC1CC(CN)CN1C(C)c1cnccn1. The van der Waals surface area contributed by atoms with Gasteiger partial charge in [0.25, 0.3) is 0 Å². The standard InChI is InChI=1S/C12H20N4/c1-9-5-11(6-13)8-16(9)10(2)12-7-14-3-4-15-12/h3-4,7,9-11H,5-6,8,13H2,1-2H3. The van der Waals surface area contributed by atoms with E-state index in [2.05, 4.69) is 28.7 Å². The predicted molar refractivity (Wildman–Crippen MR) is 63.8 cm³/mol. The molecule has 0 amide bonds. The van der Waals surface area contributed by atoms with E-state index >= 15 is 0 Å². The summed E-state index contributed by atoms with van der Waals surface area (Å²) in [5.41, 5.74) is 6.79. The van der Waals surface area contributed by atoms with Gasteiger partial charge in [0.2, 0.25) is 0 Å². The van der Waals surface area contributed by atoms with E-state index in [0.717, 1.165) is 18.8 Å². The lowest BCUT2D eigenvalue weighted by atomic mass is 10.1. The van der Waals surface area contributed by atoms with Gasteiger partial charge in [0, 0.05) is 31.2 Å². The number of likely N-dealkylation sites (tertiary alicyclic amines) is 1. The summed E-state index contributed by atoms with van der Waals surface area (Å²) in [6.07, 6.45) is 6.52. The first-order valence-corrected chi connectivity index (χ1v) is 5.94. The maximum Gasteiger partial charge on any atom is 0.0755 e. The maximum atomic E-state index is 5.74. The van der Waals surface area contributed by atoms with Gasteiger partial charge in [-0.25, -0.2) is 0 Å². The Hall–Kier alpha value is -1.00. The molecule has 2 rings (SSSR count). The van der Waals surface area contributed by atoms with Crippen molar-refractivity contribution < 1.29 is 0 Å². The summed E-state index contributed by atoms with van der Waals surface area (Å²) in [4.78, 5) is 11.0. The van der Waals surface area contributed by atoms with Crippen molar-refractivity contribution in [1.82, 2.24) is 14.9 Å². The van der Waals surface area contributed by atoms with Crippen molar-refractivity contribution in [3.8, 4) is 0 Å². The van der Waals surface area contributed by atoms with Crippen molar-refractivity contribution >= 4 is 0 Å². The van der Waals surface area contributed by atoms with Crippen molar-refractivity contribution in [2.45, 2.75) is 32.4 Å². The number of hydrogen-bond acceptors (Lipinski definition) is 4. The number of aromatic nitrogens is 2. The lowest BCUT2D eigenvalue weighted by molar-refractivity contribution is 0.197. The average Bonchev–Trinajstić information content (AvgIpc) is 2.71. The highest BCUT2D eigenvalue weighted by Gasteiger charge is 2.32. The molecule has 1 saturated heterocycles. The molecule has 2 heterocycles. The molecule has 1 aliphatic rings. The zero-order valence-corrected chi connectivity index (χ0v) is 10.0. The van der Waals surface area contributed by atoms with Crippen LogP contribution in [0.2, 0.25) is 0 Å². The minimum absolute atomic E-state index is 0.334. The van der Waals surface area contributed by atoms with Crippen molar-refractivity contribution in [2.24, 2.45) is 11.7 Å². The van der Waals surface area contributed by atoms with E-state index in [1.165, 1.54) is 6.42 Å². The molecule has 1 aromatic rings. The summed E-state index contributed by atoms with van der Waals surface area (Å²) in [5.74, 6) is 0.633. The molecule has 0 saturated carbocycles. The Morgan fingerprint density at radius 3 is 2.94 bits per heavy atom. The summed E-state index contributed by atoms with van der Waals surface area (Å²) in [7, 11) is 0. The molecular formula is C12H20N4. The molecule has 0 bridgehead atoms. The monoisotopic (exact) mass is 220 g/mol. The van der Waals surface area contributed by atoms with E-state index in [1.54, 1.807) is 12.4 Å². The first-order valence-electron chi connectivity index (χ1n) is 5.94. The lowest BCUT2D eigenvalue weighted by Crippen LogP contribution is -2.31. The van der Waals surface area contributed by atoms with Crippen LogP contribution in [-0.4, -0.2) is 34.0 Å². The molecule has 1 fully saturated rings. The third-order valence-electron chi connectivity index (χ3n) is 3.55. The summed E-state index contributed by atoms with van der Waals surface area (Å²) in [6, 6.07) is 0.922. The molecular weight excluding hydrogens is 200 g/mol. The van der Waals surface area contributed by atoms with E-state index in [0.29, 0.717) is 18.0 Å². The average molecular weight is 220 g/mol. The van der Waals surface area contributed by atoms with Crippen LogP contribution < -0.4 is 5.73 Å². The normalized spacial score (nSPS) is 28.2. The second-order valence-corrected chi connectivity index (χ2v) is 4.69. The number of hydrogen-bond donors (Lipinski definition) is 1. The van der Waals surface area contributed by atoms with Gasteiger partial charge in [-0.1, -0.05) is 0 Å². The van der Waals surface area contributed by atoms with E-state index in [4.69, 9.17) is 5.73 Å². The van der Waals surface area contributed by atoms with Crippen molar-refractivity contribution in [2.75, 3.05) is 13.1 Å². The van der Waals surface area contributed by atoms with E-state index in [1.807, 2.05) is 6.20 Å². The summed E-state index contributed by atoms with van der Waals surface area (Å²) in [6.45, 7) is 6.32. The highest BCUT2D eigenvalue weighted by molar-refractivity contribution is 5.03. The maximum absolute atomic E-state index is 5.74. The third-order valence-corrected chi connectivity index (χ3v) is 3.55. The number of nitrogens with two attached hydrogens (primary N) is 1. The Morgan fingerprint density at radius 1 is 1.56 bits per heavy atom. The number of nitrogens with zero attached hydrogens (tertiary/aromatic N) is 3.